The second kappa shape index (κ2) is 7.00. The molecule has 0 bridgehead atoms. The fourth-order valence-corrected chi connectivity index (χ4v) is 1.11. The molecule has 0 fully saturated rings. The maximum absolute atomic E-state index is 11.2. The van der Waals surface area contributed by atoms with E-state index in [0.29, 0.717) is 19.0 Å². The highest BCUT2D eigenvalue weighted by molar-refractivity contribution is 5.29. The Kier molecular flexibility index (Phi) is 5.47. The molecule has 0 atom stereocenters. The summed E-state index contributed by atoms with van der Waals surface area (Å²) in [6.45, 7) is 4.28. The van der Waals surface area contributed by atoms with Crippen molar-refractivity contribution in [3.05, 3.63) is 22.7 Å². The molecular weight excluding hydrogens is 194 g/mol. The largest absolute Gasteiger partial charge is 0.381 e. The van der Waals surface area contributed by atoms with Crippen LogP contribution in [-0.4, -0.2) is 29.7 Å². The van der Waals surface area contributed by atoms with Crippen molar-refractivity contribution in [1.29, 1.82) is 0 Å². The Hall–Kier alpha value is -1.36. The van der Waals surface area contributed by atoms with Gasteiger partial charge in [0.2, 0.25) is 0 Å². The average Bonchev–Trinajstić information content (AvgIpc) is 2.25. The van der Waals surface area contributed by atoms with Crippen LogP contribution in [0.15, 0.2) is 17.2 Å². The topological polar surface area (TPSA) is 67.0 Å². The predicted molar refractivity (Wildman–Crippen MR) is 59.1 cm³/mol. The van der Waals surface area contributed by atoms with E-state index in [1.165, 1.54) is 6.20 Å². The lowest BCUT2D eigenvalue weighted by Gasteiger charge is -2.04. The SMILES string of the molecule is CCCOCCCNc1ncc[nH]c1=O. The summed E-state index contributed by atoms with van der Waals surface area (Å²) in [5.41, 5.74) is -0.188. The molecule has 0 saturated heterocycles. The van der Waals surface area contributed by atoms with Crippen molar-refractivity contribution in [2.75, 3.05) is 25.1 Å². The molecule has 0 saturated carbocycles. The molecule has 0 aliphatic rings. The van der Waals surface area contributed by atoms with Crippen molar-refractivity contribution in [1.82, 2.24) is 9.97 Å². The van der Waals surface area contributed by atoms with Crippen molar-refractivity contribution in [2.45, 2.75) is 19.8 Å². The van der Waals surface area contributed by atoms with Gasteiger partial charge in [0.05, 0.1) is 0 Å². The summed E-state index contributed by atoms with van der Waals surface area (Å²) in [4.78, 5) is 17.6. The first kappa shape index (κ1) is 11.7. The molecule has 1 rings (SSSR count). The molecule has 84 valence electrons. The zero-order valence-corrected chi connectivity index (χ0v) is 8.95. The molecular formula is C10H17N3O2. The maximum atomic E-state index is 11.2. The third-order valence-corrected chi connectivity index (χ3v) is 1.81. The molecule has 0 aliphatic carbocycles. The van der Waals surface area contributed by atoms with Crippen LogP contribution in [0.4, 0.5) is 5.82 Å². The van der Waals surface area contributed by atoms with Crippen molar-refractivity contribution in [3.63, 3.8) is 0 Å². The number of nitrogens with one attached hydrogen (secondary N) is 2. The number of H-pyrrole nitrogens is 1. The van der Waals surface area contributed by atoms with Gasteiger partial charge >= 0.3 is 0 Å². The molecule has 5 nitrogen and oxygen atoms in total. The van der Waals surface area contributed by atoms with Crippen molar-refractivity contribution >= 4 is 5.82 Å². The molecule has 1 aromatic heterocycles. The minimum atomic E-state index is -0.188. The first-order valence-corrected chi connectivity index (χ1v) is 5.20. The third-order valence-electron chi connectivity index (χ3n) is 1.81. The van der Waals surface area contributed by atoms with Crippen LogP contribution >= 0.6 is 0 Å². The molecule has 0 unspecified atom stereocenters. The second-order valence-corrected chi connectivity index (χ2v) is 3.16. The molecule has 0 radical (unpaired) electrons. The number of aromatic nitrogens is 2. The predicted octanol–water partition coefficient (Wildman–Crippen LogP) is 0.998. The number of nitrogens with zero attached hydrogens (tertiary/aromatic N) is 1. The lowest BCUT2D eigenvalue weighted by molar-refractivity contribution is 0.134. The van der Waals surface area contributed by atoms with E-state index in [1.54, 1.807) is 6.20 Å². The van der Waals surface area contributed by atoms with Crippen LogP contribution in [0.2, 0.25) is 0 Å². The lowest BCUT2D eigenvalue weighted by Crippen LogP contribution is -2.16. The van der Waals surface area contributed by atoms with E-state index in [1.807, 2.05) is 0 Å². The fourth-order valence-electron chi connectivity index (χ4n) is 1.11. The summed E-state index contributed by atoms with van der Waals surface area (Å²) in [6.07, 6.45) is 4.97. The number of hydrogen-bond acceptors (Lipinski definition) is 4. The van der Waals surface area contributed by atoms with Gasteiger partial charge in [0, 0.05) is 32.2 Å². The van der Waals surface area contributed by atoms with Gasteiger partial charge < -0.3 is 15.0 Å². The summed E-state index contributed by atoms with van der Waals surface area (Å²) in [5, 5.41) is 2.95. The minimum absolute atomic E-state index is 0.188. The van der Waals surface area contributed by atoms with Gasteiger partial charge in [0.1, 0.15) is 0 Å². The quantitative estimate of drug-likeness (QED) is 0.660. The smallest absolute Gasteiger partial charge is 0.290 e. The van der Waals surface area contributed by atoms with E-state index in [-0.39, 0.29) is 5.56 Å². The van der Waals surface area contributed by atoms with Crippen molar-refractivity contribution in [2.24, 2.45) is 0 Å². The van der Waals surface area contributed by atoms with Crippen LogP contribution in [0.1, 0.15) is 19.8 Å². The molecule has 5 heteroatoms. The Morgan fingerprint density at radius 3 is 3.13 bits per heavy atom. The Balaban J connectivity index is 2.15. The highest BCUT2D eigenvalue weighted by Gasteiger charge is 1.97. The summed E-state index contributed by atoms with van der Waals surface area (Å²) in [6, 6.07) is 0. The number of rotatable bonds is 7. The lowest BCUT2D eigenvalue weighted by atomic mass is 10.4. The molecule has 2 N–H and O–H groups in total. The summed E-state index contributed by atoms with van der Waals surface area (Å²) < 4.78 is 5.30. The first-order valence-electron chi connectivity index (χ1n) is 5.20. The third kappa shape index (κ3) is 4.60. The fraction of sp³-hybridized carbons (Fsp3) is 0.600. The normalized spacial score (nSPS) is 10.2. The standard InChI is InChI=1S/C10H17N3O2/c1-2-7-15-8-3-4-11-9-10(14)13-6-5-12-9/h5-6H,2-4,7-8H2,1H3,(H,11,12)(H,13,14). The first-order chi connectivity index (χ1) is 7.34. The monoisotopic (exact) mass is 211 g/mol. The second-order valence-electron chi connectivity index (χ2n) is 3.16. The van der Waals surface area contributed by atoms with Gasteiger partial charge in [-0.05, 0) is 12.8 Å². The van der Waals surface area contributed by atoms with Gasteiger partial charge in [-0.25, -0.2) is 4.98 Å². The van der Waals surface area contributed by atoms with Crippen LogP contribution in [0.5, 0.6) is 0 Å². The molecule has 15 heavy (non-hydrogen) atoms. The van der Waals surface area contributed by atoms with E-state index < -0.39 is 0 Å². The van der Waals surface area contributed by atoms with Crippen molar-refractivity contribution < 1.29 is 4.74 Å². The van der Waals surface area contributed by atoms with Crippen LogP contribution in [0.25, 0.3) is 0 Å². The number of ether oxygens (including phenoxy) is 1. The minimum Gasteiger partial charge on any atom is -0.381 e. The molecule has 1 heterocycles. The maximum Gasteiger partial charge on any atom is 0.290 e. The van der Waals surface area contributed by atoms with Gasteiger partial charge in [0.25, 0.3) is 5.56 Å². The Bertz CT molecular complexity index is 324. The van der Waals surface area contributed by atoms with Crippen molar-refractivity contribution in [3.8, 4) is 0 Å². The van der Waals surface area contributed by atoms with E-state index in [2.05, 4.69) is 22.2 Å². The number of hydrogen-bond donors (Lipinski definition) is 2. The van der Waals surface area contributed by atoms with Crippen LogP contribution in [0.3, 0.4) is 0 Å². The number of anilines is 1. The van der Waals surface area contributed by atoms with Gasteiger partial charge in [-0.1, -0.05) is 6.92 Å². The van der Waals surface area contributed by atoms with Gasteiger partial charge in [0.15, 0.2) is 5.82 Å². The Morgan fingerprint density at radius 2 is 2.40 bits per heavy atom. The Labute approximate surface area is 88.9 Å². The van der Waals surface area contributed by atoms with E-state index in [0.717, 1.165) is 19.4 Å². The molecule has 0 spiro atoms. The van der Waals surface area contributed by atoms with Gasteiger partial charge in [-0.3, -0.25) is 4.79 Å². The summed E-state index contributed by atoms with van der Waals surface area (Å²) in [7, 11) is 0. The zero-order valence-electron chi connectivity index (χ0n) is 8.95. The zero-order chi connectivity index (χ0) is 10.9. The average molecular weight is 211 g/mol. The van der Waals surface area contributed by atoms with Crippen LogP contribution in [0, 0.1) is 0 Å². The summed E-state index contributed by atoms with van der Waals surface area (Å²) >= 11 is 0. The molecule has 0 aliphatic heterocycles. The Morgan fingerprint density at radius 1 is 1.53 bits per heavy atom. The van der Waals surface area contributed by atoms with E-state index in [9.17, 15) is 4.79 Å². The van der Waals surface area contributed by atoms with Gasteiger partial charge in [-0.2, -0.15) is 0 Å². The van der Waals surface area contributed by atoms with Crippen LogP contribution in [-0.2, 0) is 4.74 Å². The van der Waals surface area contributed by atoms with E-state index >= 15 is 0 Å². The molecule has 1 aromatic rings. The summed E-state index contributed by atoms with van der Waals surface area (Å²) in [5.74, 6) is 0.369. The number of aromatic amines is 1. The molecule has 0 aromatic carbocycles. The van der Waals surface area contributed by atoms with E-state index in [4.69, 9.17) is 4.74 Å². The van der Waals surface area contributed by atoms with Crippen LogP contribution < -0.4 is 10.9 Å². The van der Waals surface area contributed by atoms with Gasteiger partial charge in [-0.15, -0.1) is 0 Å². The molecule has 0 amide bonds. The highest BCUT2D eigenvalue weighted by Crippen LogP contribution is 1.91. The highest BCUT2D eigenvalue weighted by atomic mass is 16.5.